The number of ketones is 1. The molecule has 0 aromatic heterocycles. The lowest BCUT2D eigenvalue weighted by molar-refractivity contribution is -0.165. The van der Waals surface area contributed by atoms with Crippen LogP contribution in [0.4, 0.5) is 13.2 Å². The summed E-state index contributed by atoms with van der Waals surface area (Å²) >= 11 is 0. The average molecular weight is 297 g/mol. The van der Waals surface area contributed by atoms with E-state index in [1.165, 1.54) is 11.8 Å². The number of rotatable bonds is 4. The third-order valence-electron chi connectivity index (χ3n) is 3.73. The fourth-order valence-corrected chi connectivity index (χ4v) is 2.52. The number of carbonyl (C=O) groups excluding carboxylic acids is 1. The molecule has 0 bridgehead atoms. The summed E-state index contributed by atoms with van der Waals surface area (Å²) in [7, 11) is 0. The van der Waals surface area contributed by atoms with Gasteiger partial charge in [-0.05, 0) is 30.7 Å². The molecule has 114 valence electrons. The van der Waals surface area contributed by atoms with Crippen molar-refractivity contribution in [1.29, 1.82) is 0 Å². The first-order valence-electron chi connectivity index (χ1n) is 7.02. The highest BCUT2D eigenvalue weighted by Crippen LogP contribution is 2.22. The van der Waals surface area contributed by atoms with Crippen molar-refractivity contribution >= 4 is 5.78 Å². The molecule has 0 unspecified atom stereocenters. The molecule has 0 atom stereocenters. The number of piperidine rings is 1. The SMILES string of the molecule is O=C(C=CN1CCC(Cc2ccccc2)CC1)C(F)(F)F. The number of alkyl halides is 3. The van der Waals surface area contributed by atoms with Crippen LogP contribution in [0.15, 0.2) is 42.6 Å². The van der Waals surface area contributed by atoms with Gasteiger partial charge in [0.15, 0.2) is 0 Å². The summed E-state index contributed by atoms with van der Waals surface area (Å²) in [5.41, 5.74) is 1.29. The van der Waals surface area contributed by atoms with Crippen LogP contribution in [0.2, 0.25) is 0 Å². The van der Waals surface area contributed by atoms with Gasteiger partial charge in [-0.25, -0.2) is 0 Å². The molecule has 0 spiro atoms. The molecule has 21 heavy (non-hydrogen) atoms. The van der Waals surface area contributed by atoms with Crippen molar-refractivity contribution in [3.8, 4) is 0 Å². The van der Waals surface area contributed by atoms with Gasteiger partial charge in [-0.3, -0.25) is 4.79 Å². The lowest BCUT2D eigenvalue weighted by atomic mass is 9.90. The highest BCUT2D eigenvalue weighted by atomic mass is 19.4. The Labute approximate surface area is 122 Å². The highest BCUT2D eigenvalue weighted by Gasteiger charge is 2.36. The van der Waals surface area contributed by atoms with Gasteiger partial charge in [0, 0.05) is 25.4 Å². The number of allylic oxidation sites excluding steroid dienone is 1. The Hall–Kier alpha value is -1.78. The minimum atomic E-state index is -4.78. The van der Waals surface area contributed by atoms with Crippen LogP contribution in [-0.2, 0) is 11.2 Å². The van der Waals surface area contributed by atoms with Crippen molar-refractivity contribution in [3.05, 3.63) is 48.2 Å². The van der Waals surface area contributed by atoms with Gasteiger partial charge in [-0.1, -0.05) is 30.3 Å². The summed E-state index contributed by atoms with van der Waals surface area (Å²) in [6, 6.07) is 10.2. The predicted octanol–water partition coefficient (Wildman–Crippen LogP) is 3.59. The summed E-state index contributed by atoms with van der Waals surface area (Å²) in [6.45, 7) is 1.39. The van der Waals surface area contributed by atoms with Gasteiger partial charge in [0.2, 0.25) is 0 Å². The molecule has 5 heteroatoms. The van der Waals surface area contributed by atoms with Crippen LogP contribution in [0.5, 0.6) is 0 Å². The van der Waals surface area contributed by atoms with E-state index in [4.69, 9.17) is 0 Å². The summed E-state index contributed by atoms with van der Waals surface area (Å²) in [4.78, 5) is 12.6. The lowest BCUT2D eigenvalue weighted by Gasteiger charge is -2.31. The van der Waals surface area contributed by atoms with Crippen LogP contribution in [0.25, 0.3) is 0 Å². The minimum absolute atomic E-state index is 0.551. The van der Waals surface area contributed by atoms with Gasteiger partial charge >= 0.3 is 6.18 Å². The molecule has 0 aliphatic carbocycles. The van der Waals surface area contributed by atoms with E-state index in [1.807, 2.05) is 18.2 Å². The normalized spacial score (nSPS) is 17.4. The van der Waals surface area contributed by atoms with E-state index >= 15 is 0 Å². The van der Waals surface area contributed by atoms with Gasteiger partial charge in [0.25, 0.3) is 5.78 Å². The minimum Gasteiger partial charge on any atom is -0.377 e. The molecule has 0 amide bonds. The molecular formula is C16H18F3NO. The van der Waals surface area contributed by atoms with Crippen LogP contribution in [0.1, 0.15) is 18.4 Å². The number of benzene rings is 1. The van der Waals surface area contributed by atoms with E-state index < -0.39 is 12.0 Å². The Kier molecular flexibility index (Phi) is 5.04. The molecule has 1 heterocycles. The third-order valence-corrected chi connectivity index (χ3v) is 3.73. The van der Waals surface area contributed by atoms with Gasteiger partial charge in [-0.15, -0.1) is 0 Å². The molecule has 1 aliphatic rings. The molecule has 1 aliphatic heterocycles. The summed E-state index contributed by atoms with van der Waals surface area (Å²) in [6.07, 6.45) is -0.0209. The molecule has 1 aromatic rings. The van der Waals surface area contributed by atoms with Crippen LogP contribution < -0.4 is 0 Å². The van der Waals surface area contributed by atoms with Gasteiger partial charge in [-0.2, -0.15) is 13.2 Å². The van der Waals surface area contributed by atoms with Crippen molar-refractivity contribution in [2.24, 2.45) is 5.92 Å². The van der Waals surface area contributed by atoms with Crippen LogP contribution in [0, 0.1) is 5.92 Å². The van der Waals surface area contributed by atoms with E-state index in [9.17, 15) is 18.0 Å². The maximum atomic E-state index is 12.1. The molecule has 2 nitrogen and oxygen atoms in total. The number of hydrogen-bond acceptors (Lipinski definition) is 2. The molecule has 1 fully saturated rings. The van der Waals surface area contributed by atoms with Crippen LogP contribution in [-0.4, -0.2) is 29.9 Å². The fourth-order valence-electron chi connectivity index (χ4n) is 2.52. The Balaban J connectivity index is 1.78. The van der Waals surface area contributed by atoms with Gasteiger partial charge in [0.1, 0.15) is 0 Å². The molecule has 1 aromatic carbocycles. The number of nitrogens with zero attached hydrogens (tertiary/aromatic N) is 1. The zero-order valence-electron chi connectivity index (χ0n) is 11.6. The number of halogens is 3. The van der Waals surface area contributed by atoms with Crippen molar-refractivity contribution in [2.45, 2.75) is 25.4 Å². The Morgan fingerprint density at radius 3 is 2.38 bits per heavy atom. The molecule has 2 rings (SSSR count). The molecule has 0 radical (unpaired) electrons. The first-order valence-corrected chi connectivity index (χ1v) is 7.02. The quantitative estimate of drug-likeness (QED) is 0.792. The third kappa shape index (κ3) is 4.92. The number of hydrogen-bond donors (Lipinski definition) is 0. The molecule has 1 saturated heterocycles. The molecule has 0 saturated carbocycles. The average Bonchev–Trinajstić information content (AvgIpc) is 2.46. The van der Waals surface area contributed by atoms with E-state index in [-0.39, 0.29) is 0 Å². The first kappa shape index (κ1) is 15.6. The second-order valence-corrected chi connectivity index (χ2v) is 5.35. The second kappa shape index (κ2) is 6.78. The monoisotopic (exact) mass is 297 g/mol. The maximum Gasteiger partial charge on any atom is 0.454 e. The number of carbonyl (C=O) groups is 1. The standard InChI is InChI=1S/C16H18F3NO/c17-16(18,19)15(21)8-11-20-9-6-14(7-10-20)12-13-4-2-1-3-5-13/h1-5,8,11,14H,6-7,9-10,12H2. The number of likely N-dealkylation sites (tertiary alicyclic amines) is 1. The predicted molar refractivity (Wildman–Crippen MR) is 74.6 cm³/mol. The van der Waals surface area contributed by atoms with Crippen molar-refractivity contribution < 1.29 is 18.0 Å². The van der Waals surface area contributed by atoms with E-state index in [0.29, 0.717) is 25.1 Å². The summed E-state index contributed by atoms with van der Waals surface area (Å²) < 4.78 is 36.3. The Morgan fingerprint density at radius 2 is 1.81 bits per heavy atom. The second-order valence-electron chi connectivity index (χ2n) is 5.35. The molecule has 0 N–H and O–H groups in total. The Bertz CT molecular complexity index is 488. The Morgan fingerprint density at radius 1 is 1.19 bits per heavy atom. The van der Waals surface area contributed by atoms with Crippen molar-refractivity contribution in [2.75, 3.05) is 13.1 Å². The van der Waals surface area contributed by atoms with Crippen LogP contribution >= 0.6 is 0 Å². The van der Waals surface area contributed by atoms with E-state index in [1.54, 1.807) is 4.90 Å². The maximum absolute atomic E-state index is 12.1. The molecular weight excluding hydrogens is 279 g/mol. The zero-order valence-corrected chi connectivity index (χ0v) is 11.6. The first-order chi connectivity index (χ1) is 9.95. The van der Waals surface area contributed by atoms with Crippen molar-refractivity contribution in [1.82, 2.24) is 4.90 Å². The lowest BCUT2D eigenvalue weighted by Crippen LogP contribution is -2.31. The zero-order chi connectivity index (χ0) is 15.3. The summed E-state index contributed by atoms with van der Waals surface area (Å²) in [5, 5.41) is 0. The van der Waals surface area contributed by atoms with Crippen molar-refractivity contribution in [3.63, 3.8) is 0 Å². The smallest absolute Gasteiger partial charge is 0.377 e. The van der Waals surface area contributed by atoms with E-state index in [2.05, 4.69) is 12.1 Å². The fraction of sp³-hybridized carbons (Fsp3) is 0.438. The van der Waals surface area contributed by atoms with E-state index in [0.717, 1.165) is 19.3 Å². The van der Waals surface area contributed by atoms with Gasteiger partial charge in [0.05, 0.1) is 0 Å². The van der Waals surface area contributed by atoms with Crippen LogP contribution in [0.3, 0.4) is 0 Å². The largest absolute Gasteiger partial charge is 0.454 e. The summed E-state index contributed by atoms with van der Waals surface area (Å²) in [5.74, 6) is -1.25. The topological polar surface area (TPSA) is 20.3 Å². The van der Waals surface area contributed by atoms with Gasteiger partial charge < -0.3 is 4.90 Å². The highest BCUT2D eigenvalue weighted by molar-refractivity contribution is 5.94.